The van der Waals surface area contributed by atoms with E-state index in [0.29, 0.717) is 12.0 Å². The first-order valence-electron chi connectivity index (χ1n) is 9.23. The van der Waals surface area contributed by atoms with Gasteiger partial charge in [0.1, 0.15) is 12.2 Å². The molecule has 3 heterocycles. The molecule has 2 saturated heterocycles. The van der Waals surface area contributed by atoms with E-state index in [9.17, 15) is 9.90 Å². The van der Waals surface area contributed by atoms with Gasteiger partial charge in [-0.2, -0.15) is 0 Å². The van der Waals surface area contributed by atoms with Gasteiger partial charge >= 0.3 is 5.97 Å². The largest absolute Gasteiger partial charge is 0.456 e. The molecular formula is C20H30O4. The summed E-state index contributed by atoms with van der Waals surface area (Å²) in [5.74, 6) is -0.223. The number of allylic oxidation sites excluding steroid dienone is 2. The van der Waals surface area contributed by atoms with E-state index in [-0.39, 0.29) is 30.0 Å². The van der Waals surface area contributed by atoms with Gasteiger partial charge in [0.05, 0.1) is 11.7 Å². The summed E-state index contributed by atoms with van der Waals surface area (Å²) in [6, 6.07) is 0. The summed E-state index contributed by atoms with van der Waals surface area (Å²) in [7, 11) is 0. The van der Waals surface area contributed by atoms with Gasteiger partial charge in [0.2, 0.25) is 0 Å². The Morgan fingerprint density at radius 1 is 1.38 bits per heavy atom. The Morgan fingerprint density at radius 2 is 2.12 bits per heavy atom. The summed E-state index contributed by atoms with van der Waals surface area (Å²) < 4.78 is 12.2. The second kappa shape index (κ2) is 6.64. The van der Waals surface area contributed by atoms with Gasteiger partial charge in [-0.3, -0.25) is 0 Å². The van der Waals surface area contributed by atoms with Crippen molar-refractivity contribution in [3.05, 3.63) is 23.8 Å². The van der Waals surface area contributed by atoms with Crippen LogP contribution < -0.4 is 0 Å². The highest BCUT2D eigenvalue weighted by Crippen LogP contribution is 2.45. The van der Waals surface area contributed by atoms with Crippen LogP contribution in [0.1, 0.15) is 59.3 Å². The lowest BCUT2D eigenvalue weighted by Gasteiger charge is -2.51. The molecule has 0 aromatic heterocycles. The van der Waals surface area contributed by atoms with E-state index < -0.39 is 11.7 Å². The molecule has 4 heteroatoms. The van der Waals surface area contributed by atoms with Gasteiger partial charge in [0.15, 0.2) is 0 Å². The minimum Gasteiger partial charge on any atom is -0.456 e. The number of esters is 1. The second-order valence-electron chi connectivity index (χ2n) is 8.11. The number of aliphatic hydroxyl groups excluding tert-OH is 1. The molecule has 0 aromatic rings. The minimum absolute atomic E-state index is 0.137. The summed E-state index contributed by atoms with van der Waals surface area (Å²) >= 11 is 0. The summed E-state index contributed by atoms with van der Waals surface area (Å²) in [4.78, 5) is 12.2. The van der Waals surface area contributed by atoms with E-state index in [2.05, 4.69) is 26.5 Å². The predicted octanol–water partition coefficient (Wildman–Crippen LogP) is 3.54. The third-order valence-electron chi connectivity index (χ3n) is 6.19. The van der Waals surface area contributed by atoms with Crippen molar-refractivity contribution in [3.8, 4) is 0 Å². The van der Waals surface area contributed by atoms with Crippen LogP contribution in [0, 0.1) is 11.8 Å². The fourth-order valence-electron chi connectivity index (χ4n) is 4.39. The molecule has 0 aromatic carbocycles. The highest BCUT2D eigenvalue weighted by molar-refractivity contribution is 5.89. The van der Waals surface area contributed by atoms with Crippen LogP contribution >= 0.6 is 0 Å². The van der Waals surface area contributed by atoms with Crippen LogP contribution in [0.4, 0.5) is 0 Å². The quantitative estimate of drug-likeness (QED) is 0.418. The van der Waals surface area contributed by atoms with Gasteiger partial charge in [-0.15, -0.1) is 0 Å². The van der Waals surface area contributed by atoms with E-state index in [0.717, 1.165) is 32.1 Å². The van der Waals surface area contributed by atoms with Crippen molar-refractivity contribution >= 4 is 5.97 Å². The third kappa shape index (κ3) is 3.18. The van der Waals surface area contributed by atoms with Crippen molar-refractivity contribution in [1.29, 1.82) is 0 Å². The fraction of sp³-hybridized carbons (Fsp3) is 0.750. The smallest absolute Gasteiger partial charge is 0.334 e. The molecule has 24 heavy (non-hydrogen) atoms. The Labute approximate surface area is 144 Å². The Balaban J connectivity index is 1.94. The second-order valence-corrected chi connectivity index (χ2v) is 8.11. The summed E-state index contributed by atoms with van der Waals surface area (Å²) in [5.41, 5.74) is 1.24. The number of rotatable bonds is 0. The average Bonchev–Trinajstić information content (AvgIpc) is 2.52. The number of aliphatic hydroxyl groups is 1. The predicted molar refractivity (Wildman–Crippen MR) is 92.4 cm³/mol. The summed E-state index contributed by atoms with van der Waals surface area (Å²) in [5, 5.41) is 10.7. The number of carbonyl (C=O) groups excluding carboxylic acids is 1. The van der Waals surface area contributed by atoms with Crippen LogP contribution in [0.25, 0.3) is 0 Å². The number of carbonyl (C=O) groups is 1. The van der Waals surface area contributed by atoms with Crippen molar-refractivity contribution in [2.75, 3.05) is 0 Å². The Morgan fingerprint density at radius 3 is 2.88 bits per heavy atom. The molecule has 0 unspecified atom stereocenters. The molecule has 6 atom stereocenters. The Hall–Kier alpha value is -1.13. The standard InChI is InChI=1S/C20H30O4/c1-12-7-5-9-13(2)17-18-15(14(3)19(22)23-17)11-16(21)20(4,24-18)10-6-8-12/h8,13,15-18,21H,3,5-7,9-11H2,1-2,4H3/t13-,15-,16+,17+,18+,20-/m0/s1. The fourth-order valence-corrected chi connectivity index (χ4v) is 4.39. The van der Waals surface area contributed by atoms with E-state index in [1.54, 1.807) is 0 Å². The zero-order chi connectivity index (χ0) is 17.5. The maximum absolute atomic E-state index is 12.2. The van der Waals surface area contributed by atoms with Gasteiger partial charge in [0.25, 0.3) is 0 Å². The summed E-state index contributed by atoms with van der Waals surface area (Å²) in [6.07, 6.45) is 6.62. The van der Waals surface area contributed by atoms with Gasteiger partial charge in [-0.25, -0.2) is 4.79 Å². The van der Waals surface area contributed by atoms with E-state index in [1.165, 1.54) is 5.57 Å². The molecule has 1 N–H and O–H groups in total. The Bertz CT molecular complexity index is 552. The van der Waals surface area contributed by atoms with Crippen LogP contribution in [0.15, 0.2) is 23.8 Å². The highest BCUT2D eigenvalue weighted by Gasteiger charge is 2.53. The maximum Gasteiger partial charge on any atom is 0.334 e. The molecule has 3 aliphatic heterocycles. The monoisotopic (exact) mass is 334 g/mol. The lowest BCUT2D eigenvalue weighted by Crippen LogP contribution is -2.60. The van der Waals surface area contributed by atoms with Gasteiger partial charge in [-0.1, -0.05) is 25.2 Å². The molecular weight excluding hydrogens is 304 g/mol. The highest BCUT2D eigenvalue weighted by atomic mass is 16.6. The van der Waals surface area contributed by atoms with Crippen LogP contribution in [0.5, 0.6) is 0 Å². The topological polar surface area (TPSA) is 55.8 Å². The molecule has 0 saturated carbocycles. The lowest BCUT2D eigenvalue weighted by atomic mass is 9.73. The van der Waals surface area contributed by atoms with Crippen molar-refractivity contribution < 1.29 is 19.4 Å². The van der Waals surface area contributed by atoms with Crippen molar-refractivity contribution in [2.24, 2.45) is 11.8 Å². The van der Waals surface area contributed by atoms with Crippen LogP contribution in [-0.2, 0) is 14.3 Å². The van der Waals surface area contributed by atoms with Gasteiger partial charge in [-0.05, 0) is 58.3 Å². The minimum atomic E-state index is -0.598. The van der Waals surface area contributed by atoms with E-state index >= 15 is 0 Å². The molecule has 0 aliphatic carbocycles. The van der Waals surface area contributed by atoms with Crippen molar-refractivity contribution in [3.63, 3.8) is 0 Å². The normalized spacial score (nSPS) is 44.0. The first-order valence-corrected chi connectivity index (χ1v) is 9.23. The number of ether oxygens (including phenoxy) is 2. The zero-order valence-corrected chi connectivity index (χ0v) is 15.1. The number of fused-ring (bicyclic) bond motifs is 1. The first-order chi connectivity index (χ1) is 11.3. The number of hydrogen-bond donors (Lipinski definition) is 1. The van der Waals surface area contributed by atoms with Crippen molar-refractivity contribution in [1.82, 2.24) is 0 Å². The molecule has 3 aliphatic rings. The number of hydrogen-bond acceptors (Lipinski definition) is 4. The SMILES string of the molecule is C=C1C(=O)O[C@H]2[C@@H]3O[C@@](C)(CCC=C(C)CCC[C@@H]2C)[C@H](O)C[C@@H]13. The molecule has 3 rings (SSSR count). The van der Waals surface area contributed by atoms with E-state index in [4.69, 9.17) is 9.47 Å². The average molecular weight is 334 g/mol. The lowest BCUT2D eigenvalue weighted by molar-refractivity contribution is -0.244. The molecule has 0 amide bonds. The summed E-state index contributed by atoms with van der Waals surface area (Å²) in [6.45, 7) is 10.2. The molecule has 2 bridgehead atoms. The van der Waals surface area contributed by atoms with Gasteiger partial charge in [0, 0.05) is 11.5 Å². The molecule has 134 valence electrons. The maximum atomic E-state index is 12.2. The van der Waals surface area contributed by atoms with Crippen molar-refractivity contribution in [2.45, 2.75) is 83.2 Å². The molecule has 0 spiro atoms. The zero-order valence-electron chi connectivity index (χ0n) is 15.1. The van der Waals surface area contributed by atoms with E-state index in [1.807, 2.05) is 6.92 Å². The molecule has 2 fully saturated rings. The van der Waals surface area contributed by atoms with Crippen LogP contribution in [0.2, 0.25) is 0 Å². The first kappa shape index (κ1) is 17.7. The third-order valence-corrected chi connectivity index (χ3v) is 6.19. The molecule has 0 radical (unpaired) electrons. The van der Waals surface area contributed by atoms with Crippen LogP contribution in [-0.4, -0.2) is 35.0 Å². The van der Waals surface area contributed by atoms with Gasteiger partial charge < -0.3 is 14.6 Å². The van der Waals surface area contributed by atoms with Crippen LogP contribution in [0.3, 0.4) is 0 Å². The Kier molecular flexibility index (Phi) is 4.89. The molecule has 4 nitrogen and oxygen atoms in total.